The Morgan fingerprint density at radius 1 is 1.36 bits per heavy atom. The van der Waals surface area contributed by atoms with E-state index in [9.17, 15) is 23.5 Å². The molecule has 0 aromatic heterocycles. The molecule has 0 radical (unpaired) electrons. The smallest absolute Gasteiger partial charge is 0.333 e. The number of carboxylic acids is 1. The number of aliphatic carboxylic acids is 1. The standard InChI is InChI=1S/C15H24F2N4O4/c1-3-8(4-2)25-10-6-7(20-15(18)19)5-9(14(23)24)11(10)21-13(22)12(16)17/h7-8,10,12H,3-6H2,1-2H3,(H,21,22)(H,23,24)(H4,18,19,20). The molecule has 0 aromatic rings. The third-order valence-electron chi connectivity index (χ3n) is 3.89. The van der Waals surface area contributed by atoms with Gasteiger partial charge in [0.2, 0.25) is 0 Å². The van der Waals surface area contributed by atoms with Gasteiger partial charge in [0.05, 0.1) is 23.4 Å². The average Bonchev–Trinajstić information content (AvgIpc) is 2.53. The van der Waals surface area contributed by atoms with Gasteiger partial charge < -0.3 is 26.6 Å². The fraction of sp³-hybridized carbons (Fsp3) is 0.667. The Balaban J connectivity index is 3.26. The lowest BCUT2D eigenvalue weighted by atomic mass is 9.89. The van der Waals surface area contributed by atoms with E-state index < -0.39 is 30.4 Å². The lowest BCUT2D eigenvalue weighted by molar-refractivity contribution is -0.133. The maximum absolute atomic E-state index is 12.6. The molecule has 0 bridgehead atoms. The van der Waals surface area contributed by atoms with Crippen molar-refractivity contribution in [3.8, 4) is 0 Å². The summed E-state index contributed by atoms with van der Waals surface area (Å²) < 4.78 is 31.1. The Bertz CT molecular complexity index is 558. The summed E-state index contributed by atoms with van der Waals surface area (Å²) in [4.78, 5) is 26.9. The van der Waals surface area contributed by atoms with Gasteiger partial charge in [0.15, 0.2) is 5.96 Å². The first-order valence-electron chi connectivity index (χ1n) is 7.99. The zero-order valence-electron chi connectivity index (χ0n) is 14.2. The van der Waals surface area contributed by atoms with Crippen LogP contribution in [0.15, 0.2) is 16.3 Å². The van der Waals surface area contributed by atoms with E-state index in [0.29, 0.717) is 12.8 Å². The van der Waals surface area contributed by atoms with Crippen molar-refractivity contribution in [2.75, 3.05) is 0 Å². The van der Waals surface area contributed by atoms with Crippen molar-refractivity contribution in [3.63, 3.8) is 0 Å². The van der Waals surface area contributed by atoms with Crippen LogP contribution in [0.2, 0.25) is 0 Å². The highest BCUT2D eigenvalue weighted by Crippen LogP contribution is 2.30. The number of carbonyl (C=O) groups excluding carboxylic acids is 1. The largest absolute Gasteiger partial charge is 0.478 e. The highest BCUT2D eigenvalue weighted by Gasteiger charge is 2.36. The second-order valence-electron chi connectivity index (χ2n) is 5.70. The molecule has 10 heteroatoms. The fourth-order valence-corrected chi connectivity index (χ4v) is 2.68. The van der Waals surface area contributed by atoms with E-state index in [-0.39, 0.29) is 36.2 Å². The molecule has 1 aliphatic carbocycles. The summed E-state index contributed by atoms with van der Waals surface area (Å²) in [5.74, 6) is -3.14. The first-order valence-corrected chi connectivity index (χ1v) is 7.99. The van der Waals surface area contributed by atoms with Crippen molar-refractivity contribution in [3.05, 3.63) is 11.3 Å². The highest BCUT2D eigenvalue weighted by atomic mass is 19.3. The molecule has 2 unspecified atom stereocenters. The lowest BCUT2D eigenvalue weighted by Gasteiger charge is -2.33. The van der Waals surface area contributed by atoms with Crippen molar-refractivity contribution in [2.45, 2.75) is 64.2 Å². The monoisotopic (exact) mass is 362 g/mol. The van der Waals surface area contributed by atoms with Crippen LogP contribution in [0.1, 0.15) is 39.5 Å². The fourth-order valence-electron chi connectivity index (χ4n) is 2.68. The second-order valence-corrected chi connectivity index (χ2v) is 5.70. The van der Waals surface area contributed by atoms with Gasteiger partial charge in [-0.15, -0.1) is 0 Å². The van der Waals surface area contributed by atoms with Gasteiger partial charge in [0.25, 0.3) is 5.91 Å². The molecule has 0 aromatic carbocycles. The minimum Gasteiger partial charge on any atom is -0.478 e. The number of aliphatic imine (C=N–C) groups is 1. The van der Waals surface area contributed by atoms with Gasteiger partial charge in [-0.05, 0) is 12.8 Å². The molecule has 0 saturated carbocycles. The summed E-state index contributed by atoms with van der Waals surface area (Å²) in [6, 6.07) is -0.581. The van der Waals surface area contributed by atoms with Gasteiger partial charge in [-0.1, -0.05) is 13.8 Å². The van der Waals surface area contributed by atoms with Crippen LogP contribution in [-0.2, 0) is 14.3 Å². The van der Waals surface area contributed by atoms with Crippen molar-refractivity contribution in [2.24, 2.45) is 16.5 Å². The molecule has 142 valence electrons. The van der Waals surface area contributed by atoms with Crippen molar-refractivity contribution >= 4 is 17.8 Å². The molecule has 1 rings (SSSR count). The van der Waals surface area contributed by atoms with E-state index in [2.05, 4.69) is 4.99 Å². The number of carboxylic acid groups (broad SMARTS) is 1. The Morgan fingerprint density at radius 2 is 1.96 bits per heavy atom. The zero-order valence-corrected chi connectivity index (χ0v) is 14.2. The van der Waals surface area contributed by atoms with Crippen LogP contribution in [-0.4, -0.2) is 47.6 Å². The molecule has 8 nitrogen and oxygen atoms in total. The molecule has 2 atom stereocenters. The van der Waals surface area contributed by atoms with E-state index in [4.69, 9.17) is 16.2 Å². The molecule has 0 saturated heterocycles. The number of halogens is 2. The van der Waals surface area contributed by atoms with Gasteiger partial charge in [0.1, 0.15) is 6.10 Å². The minimum atomic E-state index is -3.27. The maximum atomic E-state index is 12.6. The van der Waals surface area contributed by atoms with Crippen molar-refractivity contribution < 1.29 is 28.2 Å². The summed E-state index contributed by atoms with van der Waals surface area (Å²) >= 11 is 0. The number of rotatable bonds is 8. The predicted octanol–water partition coefficient (Wildman–Crippen LogP) is 0.716. The number of hydrogen-bond donors (Lipinski definition) is 4. The third-order valence-corrected chi connectivity index (χ3v) is 3.89. The zero-order chi connectivity index (χ0) is 19.1. The van der Waals surface area contributed by atoms with Crippen molar-refractivity contribution in [1.29, 1.82) is 0 Å². The molecule has 0 fully saturated rings. The third kappa shape index (κ3) is 5.96. The number of nitrogens with one attached hydrogen (secondary N) is 1. The molecular formula is C15H24F2N4O4. The summed E-state index contributed by atoms with van der Waals surface area (Å²) in [5, 5.41) is 11.4. The van der Waals surface area contributed by atoms with Gasteiger partial charge in [0, 0.05) is 12.8 Å². The first-order chi connectivity index (χ1) is 11.7. The summed E-state index contributed by atoms with van der Waals surface area (Å²) in [5.41, 5.74) is 10.3. The van der Waals surface area contributed by atoms with Crippen molar-refractivity contribution in [1.82, 2.24) is 5.32 Å². The molecule has 25 heavy (non-hydrogen) atoms. The highest BCUT2D eigenvalue weighted by molar-refractivity contribution is 5.90. The number of alkyl halides is 2. The van der Waals surface area contributed by atoms with E-state index >= 15 is 0 Å². The number of guanidine groups is 1. The molecule has 1 aliphatic rings. The van der Waals surface area contributed by atoms with E-state index in [1.165, 1.54) is 0 Å². The average molecular weight is 362 g/mol. The summed E-state index contributed by atoms with van der Waals surface area (Å²) in [7, 11) is 0. The van der Waals surface area contributed by atoms with Gasteiger partial charge in [-0.2, -0.15) is 8.78 Å². The normalized spacial score (nSPS) is 20.7. The Morgan fingerprint density at radius 3 is 2.40 bits per heavy atom. The van der Waals surface area contributed by atoms with Crippen LogP contribution < -0.4 is 16.8 Å². The number of nitrogens with zero attached hydrogens (tertiary/aromatic N) is 1. The Kier molecular flexibility index (Phi) is 7.75. The number of nitrogens with two attached hydrogens (primary N) is 2. The van der Waals surface area contributed by atoms with Gasteiger partial charge in [-0.3, -0.25) is 4.79 Å². The minimum absolute atomic E-state index is 0.102. The van der Waals surface area contributed by atoms with Crippen LogP contribution in [0.3, 0.4) is 0 Å². The summed E-state index contributed by atoms with van der Waals surface area (Å²) in [6.45, 7) is 3.76. The Labute approximate surface area is 144 Å². The van der Waals surface area contributed by atoms with Gasteiger partial charge >= 0.3 is 12.4 Å². The maximum Gasteiger partial charge on any atom is 0.333 e. The number of amides is 1. The van der Waals surface area contributed by atoms with Crippen LogP contribution in [0.5, 0.6) is 0 Å². The number of carbonyl (C=O) groups is 2. The number of hydrogen-bond acceptors (Lipinski definition) is 4. The summed E-state index contributed by atoms with van der Waals surface area (Å²) in [6.07, 6.45) is -3.06. The molecule has 0 aliphatic heterocycles. The lowest BCUT2D eigenvalue weighted by Crippen LogP contribution is -2.43. The van der Waals surface area contributed by atoms with Crippen LogP contribution in [0.25, 0.3) is 0 Å². The van der Waals surface area contributed by atoms with Crippen LogP contribution in [0.4, 0.5) is 8.78 Å². The molecular weight excluding hydrogens is 338 g/mol. The second kappa shape index (κ2) is 9.30. The van der Waals surface area contributed by atoms with Crippen LogP contribution >= 0.6 is 0 Å². The molecule has 1 amide bonds. The van der Waals surface area contributed by atoms with E-state index in [1.54, 1.807) is 0 Å². The molecule has 0 heterocycles. The van der Waals surface area contributed by atoms with Crippen LogP contribution in [0, 0.1) is 0 Å². The van der Waals surface area contributed by atoms with E-state index in [0.717, 1.165) is 0 Å². The molecule has 6 N–H and O–H groups in total. The first kappa shape index (κ1) is 20.8. The van der Waals surface area contributed by atoms with Gasteiger partial charge in [-0.25, -0.2) is 9.79 Å². The number of ether oxygens (including phenoxy) is 1. The quantitative estimate of drug-likeness (QED) is 0.370. The predicted molar refractivity (Wildman–Crippen MR) is 86.9 cm³/mol. The topological polar surface area (TPSA) is 140 Å². The molecule has 0 spiro atoms. The van der Waals surface area contributed by atoms with E-state index in [1.807, 2.05) is 19.2 Å². The SMILES string of the molecule is CCC(CC)OC1CC(N=C(N)N)CC(C(=O)O)=C1NC(=O)C(F)F. The Hall–Kier alpha value is -2.23.